The minimum atomic E-state index is 0.0878. The van der Waals surface area contributed by atoms with Gasteiger partial charge < -0.3 is 14.7 Å². The Morgan fingerprint density at radius 3 is 2.48 bits per heavy atom. The summed E-state index contributed by atoms with van der Waals surface area (Å²) < 4.78 is 0. The molecule has 0 spiro atoms. The monoisotopic (exact) mass is 343 g/mol. The van der Waals surface area contributed by atoms with Crippen LogP contribution in [0, 0.1) is 5.92 Å². The number of aromatic nitrogens is 2. The Hall–Kier alpha value is -1.69. The normalized spacial score (nSPS) is 30.8. The molecule has 6 nitrogen and oxygen atoms in total. The predicted molar refractivity (Wildman–Crippen MR) is 97.4 cm³/mol. The summed E-state index contributed by atoms with van der Waals surface area (Å²) in [6.07, 6.45) is 10.4. The van der Waals surface area contributed by atoms with Gasteiger partial charge in [0.2, 0.25) is 11.9 Å². The van der Waals surface area contributed by atoms with Gasteiger partial charge in [-0.15, -0.1) is 0 Å². The number of piperidine rings is 1. The zero-order valence-corrected chi connectivity index (χ0v) is 15.2. The molecule has 0 aliphatic carbocycles. The van der Waals surface area contributed by atoms with Crippen molar-refractivity contribution in [3.63, 3.8) is 0 Å². The van der Waals surface area contributed by atoms with Crippen LogP contribution in [0.2, 0.25) is 0 Å². The van der Waals surface area contributed by atoms with Crippen molar-refractivity contribution in [3.8, 4) is 0 Å². The molecule has 3 fully saturated rings. The molecule has 1 aromatic rings. The fraction of sp³-hybridized carbons (Fsp3) is 0.737. The Morgan fingerprint density at radius 1 is 1.00 bits per heavy atom. The minimum absolute atomic E-state index is 0.0878. The number of likely N-dealkylation sites (N-methyl/N-ethyl adjacent to an activating group) is 1. The van der Waals surface area contributed by atoms with Gasteiger partial charge in [0.05, 0.1) is 5.92 Å². The maximum atomic E-state index is 13.3. The number of likely N-dealkylation sites (tertiary alicyclic amines) is 2. The van der Waals surface area contributed by atoms with Crippen molar-refractivity contribution < 1.29 is 4.79 Å². The lowest BCUT2D eigenvalue weighted by Crippen LogP contribution is -2.51. The van der Waals surface area contributed by atoms with E-state index in [-0.39, 0.29) is 5.92 Å². The molecule has 3 aliphatic rings. The van der Waals surface area contributed by atoms with E-state index in [0.717, 1.165) is 44.8 Å². The van der Waals surface area contributed by atoms with Crippen LogP contribution >= 0.6 is 0 Å². The summed E-state index contributed by atoms with van der Waals surface area (Å²) in [4.78, 5) is 28.9. The van der Waals surface area contributed by atoms with Gasteiger partial charge in [0.1, 0.15) is 0 Å². The molecule has 0 bridgehead atoms. The molecule has 4 heterocycles. The Bertz CT molecular complexity index is 595. The second-order valence-electron chi connectivity index (χ2n) is 7.77. The van der Waals surface area contributed by atoms with E-state index in [2.05, 4.69) is 31.7 Å². The molecule has 4 rings (SSSR count). The first-order valence-electron chi connectivity index (χ1n) is 9.77. The molecule has 6 heteroatoms. The third kappa shape index (κ3) is 3.36. The molecule has 136 valence electrons. The third-order valence-corrected chi connectivity index (χ3v) is 6.21. The lowest BCUT2D eigenvalue weighted by Gasteiger charge is -2.38. The van der Waals surface area contributed by atoms with Gasteiger partial charge in [0, 0.05) is 44.1 Å². The zero-order valence-electron chi connectivity index (χ0n) is 15.2. The van der Waals surface area contributed by atoms with Gasteiger partial charge in [0.15, 0.2) is 0 Å². The highest BCUT2D eigenvalue weighted by Crippen LogP contribution is 2.31. The average molecular weight is 343 g/mol. The van der Waals surface area contributed by atoms with Crippen molar-refractivity contribution in [2.24, 2.45) is 5.92 Å². The van der Waals surface area contributed by atoms with E-state index in [0.29, 0.717) is 18.0 Å². The minimum Gasteiger partial charge on any atom is -0.340 e. The quantitative estimate of drug-likeness (QED) is 0.837. The van der Waals surface area contributed by atoms with Crippen LogP contribution in [0.25, 0.3) is 0 Å². The van der Waals surface area contributed by atoms with Gasteiger partial charge in [-0.2, -0.15) is 0 Å². The highest BCUT2D eigenvalue weighted by molar-refractivity contribution is 5.80. The number of anilines is 1. The molecule has 1 amide bonds. The molecular weight excluding hydrogens is 314 g/mol. The summed E-state index contributed by atoms with van der Waals surface area (Å²) in [5.41, 5.74) is 0. The second-order valence-corrected chi connectivity index (χ2v) is 7.77. The molecule has 0 unspecified atom stereocenters. The van der Waals surface area contributed by atoms with Gasteiger partial charge in [0.25, 0.3) is 0 Å². The van der Waals surface area contributed by atoms with E-state index < -0.39 is 0 Å². The first kappa shape index (κ1) is 16.8. The van der Waals surface area contributed by atoms with E-state index in [1.165, 1.54) is 25.8 Å². The van der Waals surface area contributed by atoms with Gasteiger partial charge in [-0.3, -0.25) is 4.79 Å². The first-order valence-corrected chi connectivity index (χ1v) is 9.77. The Balaban J connectivity index is 1.44. The van der Waals surface area contributed by atoms with Crippen LogP contribution in [0.5, 0.6) is 0 Å². The van der Waals surface area contributed by atoms with Crippen molar-refractivity contribution in [2.45, 2.75) is 50.6 Å². The number of amides is 1. The molecule has 3 aliphatic heterocycles. The lowest BCUT2D eigenvalue weighted by atomic mass is 9.95. The van der Waals surface area contributed by atoms with Crippen molar-refractivity contribution in [3.05, 3.63) is 18.5 Å². The highest BCUT2D eigenvalue weighted by atomic mass is 16.2. The fourth-order valence-corrected chi connectivity index (χ4v) is 4.94. The Kier molecular flexibility index (Phi) is 4.88. The van der Waals surface area contributed by atoms with Gasteiger partial charge in [-0.1, -0.05) is 0 Å². The summed E-state index contributed by atoms with van der Waals surface area (Å²) in [7, 11) is 2.22. The molecule has 25 heavy (non-hydrogen) atoms. The Morgan fingerprint density at radius 2 is 1.72 bits per heavy atom. The maximum Gasteiger partial charge on any atom is 0.227 e. The number of carbonyl (C=O) groups excluding carboxylic acids is 1. The molecule has 1 aromatic heterocycles. The molecule has 3 saturated heterocycles. The molecule has 0 radical (unpaired) electrons. The second kappa shape index (κ2) is 7.28. The largest absolute Gasteiger partial charge is 0.340 e. The van der Waals surface area contributed by atoms with Crippen LogP contribution in [0.3, 0.4) is 0 Å². The van der Waals surface area contributed by atoms with E-state index in [4.69, 9.17) is 0 Å². The van der Waals surface area contributed by atoms with Crippen molar-refractivity contribution in [2.75, 3.05) is 38.1 Å². The van der Waals surface area contributed by atoms with E-state index in [1.807, 2.05) is 6.07 Å². The summed E-state index contributed by atoms with van der Waals surface area (Å²) in [6, 6.07) is 2.81. The van der Waals surface area contributed by atoms with Crippen molar-refractivity contribution in [1.82, 2.24) is 19.8 Å². The van der Waals surface area contributed by atoms with Crippen molar-refractivity contribution in [1.29, 1.82) is 0 Å². The van der Waals surface area contributed by atoms with Crippen LogP contribution in [0.4, 0.5) is 5.95 Å². The summed E-state index contributed by atoms with van der Waals surface area (Å²) in [5.74, 6) is 1.21. The standard InChI is InChI=1S/C19H29N5O/c1-22-11-3-7-16(22)17-8-4-13-24(17)18(25)15-6-2-12-23(14-15)19-20-9-5-10-21-19/h5,9-10,15-17H,2-4,6-8,11-14H2,1H3/t15-,16-,17+/m1/s1. The molecule has 0 aromatic carbocycles. The first-order chi connectivity index (χ1) is 12.2. The van der Waals surface area contributed by atoms with E-state index >= 15 is 0 Å². The van der Waals surface area contributed by atoms with Crippen LogP contribution < -0.4 is 4.90 Å². The fourth-order valence-electron chi connectivity index (χ4n) is 4.94. The lowest BCUT2D eigenvalue weighted by molar-refractivity contribution is -0.137. The van der Waals surface area contributed by atoms with Crippen molar-refractivity contribution >= 4 is 11.9 Å². The predicted octanol–water partition coefficient (Wildman–Crippen LogP) is 1.78. The third-order valence-electron chi connectivity index (χ3n) is 6.21. The zero-order chi connectivity index (χ0) is 17.2. The van der Waals surface area contributed by atoms with E-state index in [1.54, 1.807) is 12.4 Å². The highest BCUT2D eigenvalue weighted by Gasteiger charge is 2.41. The number of hydrogen-bond donors (Lipinski definition) is 0. The van der Waals surface area contributed by atoms with Gasteiger partial charge in [-0.25, -0.2) is 9.97 Å². The number of carbonyl (C=O) groups is 1. The number of rotatable bonds is 3. The van der Waals surface area contributed by atoms with E-state index in [9.17, 15) is 4.79 Å². The smallest absolute Gasteiger partial charge is 0.227 e. The average Bonchev–Trinajstić information content (AvgIpc) is 3.30. The molecule has 0 saturated carbocycles. The number of nitrogens with zero attached hydrogens (tertiary/aromatic N) is 5. The topological polar surface area (TPSA) is 52.6 Å². The molecule has 0 N–H and O–H groups in total. The van der Waals surface area contributed by atoms with Crippen LogP contribution in [-0.2, 0) is 4.79 Å². The van der Waals surface area contributed by atoms with Crippen LogP contribution in [0.15, 0.2) is 18.5 Å². The van der Waals surface area contributed by atoms with Crippen LogP contribution in [-0.4, -0.2) is 71.0 Å². The molecule has 3 atom stereocenters. The summed E-state index contributed by atoms with van der Waals surface area (Å²) in [5, 5.41) is 0. The maximum absolute atomic E-state index is 13.3. The SMILES string of the molecule is CN1CCC[C@@H]1[C@@H]1CCCN1C(=O)[C@@H]1CCCN(c2ncccn2)C1. The number of hydrogen-bond acceptors (Lipinski definition) is 5. The Labute approximate surface area is 150 Å². The van der Waals surface area contributed by atoms with Gasteiger partial charge in [-0.05, 0) is 58.2 Å². The van der Waals surface area contributed by atoms with Crippen LogP contribution in [0.1, 0.15) is 38.5 Å². The summed E-state index contributed by atoms with van der Waals surface area (Å²) in [6.45, 7) is 3.81. The summed E-state index contributed by atoms with van der Waals surface area (Å²) >= 11 is 0. The molecular formula is C19H29N5O. The van der Waals surface area contributed by atoms with Gasteiger partial charge >= 0.3 is 0 Å².